The van der Waals surface area contributed by atoms with Gasteiger partial charge in [-0.25, -0.2) is 0 Å². The average Bonchev–Trinajstić information content (AvgIpc) is 3.53. The molecule has 4 aromatic rings. The molecule has 174 valence electrons. The van der Waals surface area contributed by atoms with Crippen LogP contribution in [0.1, 0.15) is 28.1 Å². The Balaban J connectivity index is 1.38. The molecular weight excluding hydrogens is 446 g/mol. The minimum Gasteiger partial charge on any atom is -0.497 e. The second-order valence-corrected chi connectivity index (χ2v) is 8.92. The lowest BCUT2D eigenvalue weighted by atomic mass is 9.82. The third kappa shape index (κ3) is 3.37. The Morgan fingerprint density at radius 3 is 2.60 bits per heavy atom. The molecular formula is C27H21N3O5. The molecule has 2 aromatic heterocycles. The lowest BCUT2D eigenvalue weighted by Gasteiger charge is -2.28. The standard InChI is InChI=1S/C27H21N3O5/c1-34-20-4-2-18-14-30(25(32)21(18)12-20)15-27(13-24(31)29-26(27)33)23-11-19-10-17(3-5-22(19)35-23)16-6-8-28-9-7-16/h2-12H,13-15H2,1H3,(H,29,31,33)/t27-/m1/s1. The number of furan rings is 1. The highest BCUT2D eigenvalue weighted by molar-refractivity contribution is 6.10. The molecule has 3 amide bonds. The highest BCUT2D eigenvalue weighted by atomic mass is 16.5. The van der Waals surface area contributed by atoms with Crippen LogP contribution in [-0.4, -0.2) is 41.3 Å². The van der Waals surface area contributed by atoms with Gasteiger partial charge in [0, 0.05) is 36.4 Å². The maximum atomic E-state index is 13.2. The average molecular weight is 467 g/mol. The van der Waals surface area contributed by atoms with Crippen molar-refractivity contribution in [2.45, 2.75) is 18.4 Å². The normalized spacial score (nSPS) is 19.3. The van der Waals surface area contributed by atoms with Gasteiger partial charge in [-0.05, 0) is 59.2 Å². The molecule has 6 rings (SSSR count). The highest BCUT2D eigenvalue weighted by Crippen LogP contribution is 2.40. The van der Waals surface area contributed by atoms with Crippen molar-refractivity contribution in [3.63, 3.8) is 0 Å². The lowest BCUT2D eigenvalue weighted by Crippen LogP contribution is -2.46. The van der Waals surface area contributed by atoms with Crippen molar-refractivity contribution in [1.29, 1.82) is 0 Å². The molecule has 8 nitrogen and oxygen atoms in total. The van der Waals surface area contributed by atoms with E-state index < -0.39 is 17.2 Å². The van der Waals surface area contributed by atoms with E-state index in [2.05, 4.69) is 10.3 Å². The fourth-order valence-electron chi connectivity index (χ4n) is 4.97. The number of amides is 3. The van der Waals surface area contributed by atoms with Crippen LogP contribution in [0.4, 0.5) is 0 Å². The van der Waals surface area contributed by atoms with Gasteiger partial charge in [0.05, 0.1) is 13.5 Å². The number of nitrogens with zero attached hydrogens (tertiary/aromatic N) is 2. The first-order chi connectivity index (χ1) is 17.0. The van der Waals surface area contributed by atoms with Gasteiger partial charge < -0.3 is 14.1 Å². The summed E-state index contributed by atoms with van der Waals surface area (Å²) in [6.45, 7) is 0.366. The quantitative estimate of drug-likeness (QED) is 0.451. The Morgan fingerprint density at radius 2 is 1.86 bits per heavy atom. The van der Waals surface area contributed by atoms with E-state index >= 15 is 0 Å². The smallest absolute Gasteiger partial charge is 0.254 e. The second-order valence-electron chi connectivity index (χ2n) is 8.92. The predicted octanol–water partition coefficient (Wildman–Crippen LogP) is 3.44. The van der Waals surface area contributed by atoms with Crippen LogP contribution >= 0.6 is 0 Å². The lowest BCUT2D eigenvalue weighted by molar-refractivity contribution is -0.127. The zero-order valence-corrected chi connectivity index (χ0v) is 18.9. The minimum absolute atomic E-state index is 0.0252. The Labute approximate surface area is 200 Å². The van der Waals surface area contributed by atoms with Crippen molar-refractivity contribution in [1.82, 2.24) is 15.2 Å². The minimum atomic E-state index is -1.31. The number of aromatic nitrogens is 1. The molecule has 2 aliphatic rings. The van der Waals surface area contributed by atoms with Crippen molar-refractivity contribution in [3.05, 3.63) is 83.9 Å². The van der Waals surface area contributed by atoms with Gasteiger partial charge in [0.15, 0.2) is 0 Å². The monoisotopic (exact) mass is 467 g/mol. The Bertz CT molecular complexity index is 1510. The first-order valence-electron chi connectivity index (χ1n) is 11.2. The van der Waals surface area contributed by atoms with Crippen molar-refractivity contribution >= 4 is 28.7 Å². The summed E-state index contributed by atoms with van der Waals surface area (Å²) in [6.07, 6.45) is 3.36. The number of methoxy groups -OCH3 is 1. The summed E-state index contributed by atoms with van der Waals surface area (Å²) in [5.74, 6) is -0.105. The zero-order chi connectivity index (χ0) is 24.2. The number of carbonyl (C=O) groups is 3. The van der Waals surface area contributed by atoms with Gasteiger partial charge in [-0.1, -0.05) is 12.1 Å². The number of ether oxygens (including phenoxy) is 1. The molecule has 8 heteroatoms. The number of rotatable bonds is 5. The summed E-state index contributed by atoms with van der Waals surface area (Å²) in [6, 6.07) is 16.7. The number of hydrogen-bond acceptors (Lipinski definition) is 6. The van der Waals surface area contributed by atoms with Crippen LogP contribution in [0.3, 0.4) is 0 Å². The summed E-state index contributed by atoms with van der Waals surface area (Å²) >= 11 is 0. The van der Waals surface area contributed by atoms with Crippen LogP contribution in [-0.2, 0) is 21.5 Å². The van der Waals surface area contributed by atoms with Gasteiger partial charge in [-0.2, -0.15) is 0 Å². The molecule has 1 N–H and O–H groups in total. The topological polar surface area (TPSA) is 102 Å². The second kappa shape index (κ2) is 7.80. The third-order valence-corrected chi connectivity index (χ3v) is 6.81. The zero-order valence-electron chi connectivity index (χ0n) is 18.9. The molecule has 4 heterocycles. The van der Waals surface area contributed by atoms with E-state index in [1.54, 1.807) is 42.6 Å². The molecule has 1 saturated heterocycles. The molecule has 0 aliphatic carbocycles. The van der Waals surface area contributed by atoms with Crippen LogP contribution in [0.15, 0.2) is 71.4 Å². The first-order valence-corrected chi connectivity index (χ1v) is 11.2. The van der Waals surface area contributed by atoms with Crippen LogP contribution < -0.4 is 10.1 Å². The summed E-state index contributed by atoms with van der Waals surface area (Å²) < 4.78 is 11.4. The van der Waals surface area contributed by atoms with E-state index in [0.29, 0.717) is 29.2 Å². The van der Waals surface area contributed by atoms with Gasteiger partial charge >= 0.3 is 0 Å². The van der Waals surface area contributed by atoms with Gasteiger partial charge in [0.1, 0.15) is 22.5 Å². The van der Waals surface area contributed by atoms with Crippen molar-refractivity contribution in [3.8, 4) is 16.9 Å². The van der Waals surface area contributed by atoms with Crippen molar-refractivity contribution in [2.75, 3.05) is 13.7 Å². The fourth-order valence-corrected chi connectivity index (χ4v) is 4.97. The van der Waals surface area contributed by atoms with E-state index in [1.807, 2.05) is 36.4 Å². The number of pyridine rings is 1. The Kier molecular flexibility index (Phi) is 4.70. The number of nitrogens with one attached hydrogen (secondary N) is 1. The number of carbonyl (C=O) groups excluding carboxylic acids is 3. The van der Waals surface area contributed by atoms with E-state index in [4.69, 9.17) is 9.15 Å². The third-order valence-electron chi connectivity index (χ3n) is 6.81. The van der Waals surface area contributed by atoms with Gasteiger partial charge in [-0.3, -0.25) is 24.7 Å². The molecule has 2 aromatic carbocycles. The van der Waals surface area contributed by atoms with Crippen molar-refractivity contribution < 1.29 is 23.5 Å². The number of benzene rings is 2. The highest BCUT2D eigenvalue weighted by Gasteiger charge is 2.53. The molecule has 2 aliphatic heterocycles. The van der Waals surface area contributed by atoms with E-state index in [9.17, 15) is 14.4 Å². The number of imide groups is 1. The largest absolute Gasteiger partial charge is 0.497 e. The van der Waals surface area contributed by atoms with E-state index in [1.165, 1.54) is 0 Å². The number of fused-ring (bicyclic) bond motifs is 2. The molecule has 0 bridgehead atoms. The Hall–Kier alpha value is -4.46. The van der Waals surface area contributed by atoms with E-state index in [0.717, 1.165) is 22.1 Å². The summed E-state index contributed by atoms with van der Waals surface area (Å²) in [4.78, 5) is 44.4. The fraction of sp³-hybridized carbons (Fsp3) is 0.185. The number of hydrogen-bond donors (Lipinski definition) is 1. The molecule has 1 fully saturated rings. The first kappa shape index (κ1) is 21.1. The maximum Gasteiger partial charge on any atom is 0.254 e. The summed E-state index contributed by atoms with van der Waals surface area (Å²) in [5.41, 5.74) is 2.66. The molecule has 0 radical (unpaired) electrons. The van der Waals surface area contributed by atoms with Gasteiger partial charge in [-0.15, -0.1) is 0 Å². The van der Waals surface area contributed by atoms with Gasteiger partial charge in [0.25, 0.3) is 5.91 Å². The maximum absolute atomic E-state index is 13.2. The molecule has 0 saturated carbocycles. The molecule has 0 unspecified atom stereocenters. The van der Waals surface area contributed by atoms with E-state index in [-0.39, 0.29) is 18.9 Å². The van der Waals surface area contributed by atoms with Crippen LogP contribution in [0.2, 0.25) is 0 Å². The van der Waals surface area contributed by atoms with Gasteiger partial charge in [0.2, 0.25) is 11.8 Å². The van der Waals surface area contributed by atoms with Crippen molar-refractivity contribution in [2.24, 2.45) is 0 Å². The van der Waals surface area contributed by atoms with Crippen LogP contribution in [0.25, 0.3) is 22.1 Å². The summed E-state index contributed by atoms with van der Waals surface area (Å²) in [5, 5.41) is 3.22. The molecule has 1 atom stereocenters. The summed E-state index contributed by atoms with van der Waals surface area (Å²) in [7, 11) is 1.55. The van der Waals surface area contributed by atoms with Crippen LogP contribution in [0, 0.1) is 0 Å². The SMILES string of the molecule is COc1ccc2c(c1)C(=O)N(C[C@@]1(c3cc4cc(-c5ccncc5)ccc4o3)CC(=O)NC1=O)C2. The van der Waals surface area contributed by atoms with Crippen LogP contribution in [0.5, 0.6) is 5.75 Å². The Morgan fingerprint density at radius 1 is 1.03 bits per heavy atom. The molecule has 0 spiro atoms. The molecule has 35 heavy (non-hydrogen) atoms. The predicted molar refractivity (Wildman–Crippen MR) is 127 cm³/mol.